The van der Waals surface area contributed by atoms with Crippen molar-refractivity contribution in [2.75, 3.05) is 0 Å². The predicted octanol–water partition coefficient (Wildman–Crippen LogP) is 3.35. The van der Waals surface area contributed by atoms with Crippen molar-refractivity contribution in [1.29, 1.82) is 0 Å². The summed E-state index contributed by atoms with van der Waals surface area (Å²) in [6, 6.07) is 0. The van der Waals surface area contributed by atoms with Crippen LogP contribution >= 0.6 is 0 Å². The first-order valence-electron chi connectivity index (χ1n) is 4.74. The molecule has 0 aromatic heterocycles. The number of hydrogen-bond donors (Lipinski definition) is 0. The first-order chi connectivity index (χ1) is 5.57. The minimum absolute atomic E-state index is 0.191. The fourth-order valence-corrected chi connectivity index (χ4v) is 1.04. The molecule has 1 heteroatoms. The maximum absolute atomic E-state index is 10.9. The Kier molecular flexibility index (Phi) is 5.69. The first-order valence-corrected chi connectivity index (χ1v) is 4.74. The van der Waals surface area contributed by atoms with Crippen molar-refractivity contribution < 1.29 is 4.79 Å². The second kappa shape index (κ2) is 5.99. The largest absolute Gasteiger partial charge is 0.300 e. The van der Waals surface area contributed by atoms with Gasteiger partial charge in [0.2, 0.25) is 0 Å². The van der Waals surface area contributed by atoms with Crippen molar-refractivity contribution in [2.24, 2.45) is 5.92 Å². The molecule has 0 N–H and O–H groups in total. The highest BCUT2D eigenvalue weighted by atomic mass is 16.1. The Hall–Kier alpha value is -0.590. The second-order valence-electron chi connectivity index (χ2n) is 3.55. The molecule has 70 valence electrons. The smallest absolute Gasteiger partial charge is 0.132 e. The molecule has 0 aliphatic heterocycles. The summed E-state index contributed by atoms with van der Waals surface area (Å²) >= 11 is 0. The molecule has 0 aliphatic carbocycles. The highest BCUT2D eigenvalue weighted by Gasteiger charge is 2.04. The zero-order chi connectivity index (χ0) is 9.56. The van der Waals surface area contributed by atoms with Gasteiger partial charge in [0.05, 0.1) is 0 Å². The van der Waals surface area contributed by atoms with Gasteiger partial charge in [-0.15, -0.1) is 0 Å². The first kappa shape index (κ1) is 11.4. The molecule has 0 fully saturated rings. The van der Waals surface area contributed by atoms with E-state index in [1.807, 2.05) is 6.92 Å². The molecular formula is C11H20O. The van der Waals surface area contributed by atoms with Crippen LogP contribution < -0.4 is 0 Å². The van der Waals surface area contributed by atoms with Crippen molar-refractivity contribution in [3.05, 3.63) is 11.6 Å². The summed E-state index contributed by atoms with van der Waals surface area (Å²) in [7, 11) is 0. The van der Waals surface area contributed by atoms with Gasteiger partial charge >= 0.3 is 0 Å². The third-order valence-corrected chi connectivity index (χ3v) is 2.16. The van der Waals surface area contributed by atoms with E-state index < -0.39 is 0 Å². The van der Waals surface area contributed by atoms with Gasteiger partial charge in [0.15, 0.2) is 0 Å². The van der Waals surface area contributed by atoms with Crippen molar-refractivity contribution in [2.45, 2.75) is 47.0 Å². The van der Waals surface area contributed by atoms with Crippen molar-refractivity contribution in [3.8, 4) is 0 Å². The lowest BCUT2D eigenvalue weighted by Gasteiger charge is -2.04. The second-order valence-corrected chi connectivity index (χ2v) is 3.55. The molecule has 1 unspecified atom stereocenters. The number of carbonyl (C=O) groups is 1. The molecule has 0 rings (SSSR count). The molecule has 0 saturated carbocycles. The summed E-state index contributed by atoms with van der Waals surface area (Å²) in [6.07, 6.45) is 5.44. The highest BCUT2D eigenvalue weighted by molar-refractivity contribution is 5.77. The van der Waals surface area contributed by atoms with Gasteiger partial charge in [0.25, 0.3) is 0 Å². The maximum atomic E-state index is 10.9. The fourth-order valence-electron chi connectivity index (χ4n) is 1.04. The van der Waals surface area contributed by atoms with Crippen LogP contribution in [0.1, 0.15) is 47.0 Å². The average molecular weight is 168 g/mol. The standard InChI is InChI=1S/C11H20O/c1-5-6-9(2)7-8-10(3)11(4)12/h7,10H,5-6,8H2,1-4H3. The normalized spacial score (nSPS) is 14.5. The average Bonchev–Trinajstić information content (AvgIpc) is 2.00. The molecule has 12 heavy (non-hydrogen) atoms. The quantitative estimate of drug-likeness (QED) is 0.575. The Balaban J connectivity index is 3.78. The number of allylic oxidation sites excluding steroid dienone is 2. The Morgan fingerprint density at radius 2 is 2.00 bits per heavy atom. The third kappa shape index (κ3) is 5.11. The summed E-state index contributed by atoms with van der Waals surface area (Å²) < 4.78 is 0. The van der Waals surface area contributed by atoms with Gasteiger partial charge in [-0.3, -0.25) is 4.79 Å². The summed E-state index contributed by atoms with van der Waals surface area (Å²) in [5.41, 5.74) is 1.41. The van der Waals surface area contributed by atoms with E-state index in [9.17, 15) is 4.79 Å². The predicted molar refractivity (Wildman–Crippen MR) is 53.1 cm³/mol. The zero-order valence-corrected chi connectivity index (χ0v) is 8.68. The molecule has 0 spiro atoms. The van der Waals surface area contributed by atoms with Gasteiger partial charge < -0.3 is 0 Å². The lowest BCUT2D eigenvalue weighted by Crippen LogP contribution is -2.04. The Morgan fingerprint density at radius 3 is 2.42 bits per heavy atom. The molecule has 0 saturated heterocycles. The van der Waals surface area contributed by atoms with Crippen molar-refractivity contribution in [1.82, 2.24) is 0 Å². The Labute approximate surface area is 75.9 Å². The monoisotopic (exact) mass is 168 g/mol. The van der Waals surface area contributed by atoms with Crippen molar-refractivity contribution in [3.63, 3.8) is 0 Å². The van der Waals surface area contributed by atoms with Gasteiger partial charge in [0.1, 0.15) is 5.78 Å². The van der Waals surface area contributed by atoms with E-state index in [4.69, 9.17) is 0 Å². The van der Waals surface area contributed by atoms with Gasteiger partial charge in [-0.25, -0.2) is 0 Å². The van der Waals surface area contributed by atoms with Gasteiger partial charge in [0, 0.05) is 5.92 Å². The topological polar surface area (TPSA) is 17.1 Å². The summed E-state index contributed by atoms with van der Waals surface area (Å²) in [5.74, 6) is 0.479. The molecule has 0 aliphatic rings. The lowest BCUT2D eigenvalue weighted by molar-refractivity contribution is -0.120. The molecule has 0 bridgehead atoms. The van der Waals surface area contributed by atoms with Crippen molar-refractivity contribution >= 4 is 5.78 Å². The van der Waals surface area contributed by atoms with Crippen LogP contribution in [0.3, 0.4) is 0 Å². The van der Waals surface area contributed by atoms with Gasteiger partial charge in [-0.2, -0.15) is 0 Å². The fraction of sp³-hybridized carbons (Fsp3) is 0.727. The van der Waals surface area contributed by atoms with E-state index in [0.29, 0.717) is 0 Å². The Bertz CT molecular complexity index is 168. The van der Waals surface area contributed by atoms with Gasteiger partial charge in [-0.1, -0.05) is 31.9 Å². The SMILES string of the molecule is CCCC(C)=CCC(C)C(C)=O. The lowest BCUT2D eigenvalue weighted by atomic mass is 10.0. The minimum Gasteiger partial charge on any atom is -0.300 e. The molecule has 0 heterocycles. The molecule has 0 radical (unpaired) electrons. The molecule has 0 amide bonds. The molecule has 0 aromatic carbocycles. The third-order valence-electron chi connectivity index (χ3n) is 2.16. The summed E-state index contributed by atoms with van der Waals surface area (Å²) in [5, 5.41) is 0. The number of rotatable bonds is 5. The zero-order valence-electron chi connectivity index (χ0n) is 8.68. The van der Waals surface area contributed by atoms with Crippen LogP contribution in [0.15, 0.2) is 11.6 Å². The van der Waals surface area contributed by atoms with E-state index in [1.165, 1.54) is 12.0 Å². The molecular weight excluding hydrogens is 148 g/mol. The number of ketones is 1. The summed E-state index contributed by atoms with van der Waals surface area (Å²) in [4.78, 5) is 10.9. The molecule has 1 nitrogen and oxygen atoms in total. The van der Waals surface area contributed by atoms with Crippen LogP contribution in [0.2, 0.25) is 0 Å². The Morgan fingerprint density at radius 1 is 1.42 bits per heavy atom. The summed E-state index contributed by atoms with van der Waals surface area (Å²) in [6.45, 7) is 7.95. The van der Waals surface area contributed by atoms with Crippen LogP contribution in [0.4, 0.5) is 0 Å². The van der Waals surface area contributed by atoms with Crippen LogP contribution in [-0.2, 0) is 4.79 Å². The van der Waals surface area contributed by atoms with E-state index >= 15 is 0 Å². The van der Waals surface area contributed by atoms with E-state index in [0.717, 1.165) is 12.8 Å². The van der Waals surface area contributed by atoms with E-state index in [-0.39, 0.29) is 11.7 Å². The number of Topliss-reactive ketones (excluding diaryl/α,β-unsaturated/α-hetero) is 1. The van der Waals surface area contributed by atoms with Crippen LogP contribution in [0, 0.1) is 5.92 Å². The van der Waals surface area contributed by atoms with Crippen LogP contribution in [0.5, 0.6) is 0 Å². The minimum atomic E-state index is 0.191. The maximum Gasteiger partial charge on any atom is 0.132 e. The highest BCUT2D eigenvalue weighted by Crippen LogP contribution is 2.09. The molecule has 0 aromatic rings. The van der Waals surface area contributed by atoms with E-state index in [1.54, 1.807) is 6.92 Å². The van der Waals surface area contributed by atoms with Crippen LogP contribution in [0.25, 0.3) is 0 Å². The van der Waals surface area contributed by atoms with Crippen LogP contribution in [-0.4, -0.2) is 5.78 Å². The molecule has 1 atom stereocenters. The van der Waals surface area contributed by atoms with Gasteiger partial charge in [-0.05, 0) is 26.7 Å². The number of hydrogen-bond acceptors (Lipinski definition) is 1. The number of carbonyl (C=O) groups excluding carboxylic acids is 1. The van der Waals surface area contributed by atoms with E-state index in [2.05, 4.69) is 19.9 Å².